The summed E-state index contributed by atoms with van der Waals surface area (Å²) in [6.45, 7) is 2.89. The maximum atomic E-state index is 11.9. The number of hydrogen-bond acceptors (Lipinski definition) is 3. The number of nitrogens with two attached hydrogens (primary N) is 1. The fourth-order valence-electron chi connectivity index (χ4n) is 2.38. The van der Waals surface area contributed by atoms with Crippen LogP contribution in [-0.2, 0) is 4.79 Å². The van der Waals surface area contributed by atoms with Crippen LogP contribution in [0.25, 0.3) is 6.08 Å². The summed E-state index contributed by atoms with van der Waals surface area (Å²) >= 11 is 0. The Balaban J connectivity index is 1.89. The normalized spacial score (nSPS) is 17.5. The van der Waals surface area contributed by atoms with E-state index in [-0.39, 0.29) is 5.91 Å². The Morgan fingerprint density at radius 1 is 1.53 bits per heavy atom. The quantitative estimate of drug-likeness (QED) is 0.639. The van der Waals surface area contributed by atoms with E-state index in [0.717, 1.165) is 18.4 Å². The van der Waals surface area contributed by atoms with Gasteiger partial charge in [-0.15, -0.1) is 0 Å². The number of carbonyl (C=O) groups is 1. The van der Waals surface area contributed by atoms with Crippen molar-refractivity contribution in [1.82, 2.24) is 4.90 Å². The average molecular weight is 260 g/mol. The lowest BCUT2D eigenvalue weighted by atomic mass is 9.89. The third kappa shape index (κ3) is 3.35. The van der Waals surface area contributed by atoms with Crippen molar-refractivity contribution >= 4 is 17.7 Å². The lowest BCUT2D eigenvalue weighted by Gasteiger charge is -2.46. The summed E-state index contributed by atoms with van der Waals surface area (Å²) in [6.07, 6.45) is 4.95. The van der Waals surface area contributed by atoms with Gasteiger partial charge in [0.2, 0.25) is 5.91 Å². The van der Waals surface area contributed by atoms with Gasteiger partial charge >= 0.3 is 0 Å². The van der Waals surface area contributed by atoms with Crippen molar-refractivity contribution in [3.8, 4) is 0 Å². The molecular formula is C15H20N2O2. The predicted molar refractivity (Wildman–Crippen MR) is 76.3 cm³/mol. The number of β-amino-alcohol motifs (C(OH)–C–C–N with tert-alkyl or cyclic N) is 1. The standard InChI is InChI=1S/C15H20N2O2/c1-2-8-15(19)10-17(11-15)14(18)7-6-12-4-3-5-13(16)9-12/h3-7,9,19H,2,8,10-11,16H2,1H3/b7-6+. The molecule has 0 saturated carbocycles. The van der Waals surface area contributed by atoms with E-state index in [1.54, 1.807) is 17.0 Å². The van der Waals surface area contributed by atoms with E-state index < -0.39 is 5.60 Å². The number of carbonyl (C=O) groups excluding carboxylic acids is 1. The highest BCUT2D eigenvalue weighted by Gasteiger charge is 2.41. The van der Waals surface area contributed by atoms with Gasteiger partial charge in [-0.05, 0) is 30.2 Å². The molecule has 1 fully saturated rings. The topological polar surface area (TPSA) is 66.6 Å². The molecule has 0 bridgehead atoms. The highest BCUT2D eigenvalue weighted by Crippen LogP contribution is 2.25. The fraction of sp³-hybridized carbons (Fsp3) is 0.400. The van der Waals surface area contributed by atoms with Crippen molar-refractivity contribution in [1.29, 1.82) is 0 Å². The van der Waals surface area contributed by atoms with Crippen LogP contribution >= 0.6 is 0 Å². The highest BCUT2D eigenvalue weighted by molar-refractivity contribution is 5.92. The molecular weight excluding hydrogens is 240 g/mol. The number of hydrogen-bond donors (Lipinski definition) is 2. The van der Waals surface area contributed by atoms with Crippen molar-refractivity contribution < 1.29 is 9.90 Å². The molecule has 1 saturated heterocycles. The van der Waals surface area contributed by atoms with Crippen LogP contribution < -0.4 is 5.73 Å². The molecule has 0 unspecified atom stereocenters. The van der Waals surface area contributed by atoms with Crippen LogP contribution in [0.3, 0.4) is 0 Å². The van der Waals surface area contributed by atoms with Crippen molar-refractivity contribution in [2.24, 2.45) is 0 Å². The van der Waals surface area contributed by atoms with E-state index in [1.807, 2.05) is 25.1 Å². The van der Waals surface area contributed by atoms with Crippen molar-refractivity contribution in [3.63, 3.8) is 0 Å². The first-order chi connectivity index (χ1) is 9.02. The number of nitrogens with zero attached hydrogens (tertiary/aromatic N) is 1. The minimum absolute atomic E-state index is 0.0665. The van der Waals surface area contributed by atoms with Gasteiger partial charge in [-0.1, -0.05) is 25.5 Å². The number of anilines is 1. The first kappa shape index (κ1) is 13.6. The molecule has 19 heavy (non-hydrogen) atoms. The third-order valence-electron chi connectivity index (χ3n) is 3.33. The Morgan fingerprint density at radius 2 is 2.26 bits per heavy atom. The van der Waals surface area contributed by atoms with Crippen molar-refractivity contribution in [2.75, 3.05) is 18.8 Å². The maximum Gasteiger partial charge on any atom is 0.246 e. The number of benzene rings is 1. The Morgan fingerprint density at radius 3 is 2.89 bits per heavy atom. The van der Waals surface area contributed by atoms with Crippen LogP contribution in [0, 0.1) is 0 Å². The molecule has 1 aromatic rings. The molecule has 3 N–H and O–H groups in total. The van der Waals surface area contributed by atoms with Crippen LogP contribution in [-0.4, -0.2) is 34.6 Å². The molecule has 1 aliphatic rings. The molecule has 2 rings (SSSR count). The first-order valence-electron chi connectivity index (χ1n) is 6.57. The minimum atomic E-state index is -0.671. The molecule has 4 nitrogen and oxygen atoms in total. The van der Waals surface area contributed by atoms with Crippen LogP contribution in [0.1, 0.15) is 25.3 Å². The summed E-state index contributed by atoms with van der Waals surface area (Å²) in [4.78, 5) is 13.5. The average Bonchev–Trinajstić information content (AvgIpc) is 2.33. The number of nitrogen functional groups attached to an aromatic ring is 1. The molecule has 0 radical (unpaired) electrons. The van der Waals surface area contributed by atoms with Gasteiger partial charge in [0.15, 0.2) is 0 Å². The summed E-state index contributed by atoms with van der Waals surface area (Å²) in [6, 6.07) is 7.36. The van der Waals surface area contributed by atoms with Gasteiger partial charge in [0.05, 0.1) is 18.7 Å². The second-order valence-electron chi connectivity index (χ2n) is 5.17. The lowest BCUT2D eigenvalue weighted by molar-refractivity contribution is -0.151. The van der Waals surface area contributed by atoms with Crippen molar-refractivity contribution in [3.05, 3.63) is 35.9 Å². The van der Waals surface area contributed by atoms with Crippen LogP contribution in [0.5, 0.6) is 0 Å². The molecule has 1 aromatic carbocycles. The summed E-state index contributed by atoms with van der Waals surface area (Å²) in [7, 11) is 0. The van der Waals surface area contributed by atoms with Crippen LogP contribution in [0.2, 0.25) is 0 Å². The van der Waals surface area contributed by atoms with E-state index in [9.17, 15) is 9.90 Å². The monoisotopic (exact) mass is 260 g/mol. The summed E-state index contributed by atoms with van der Waals surface area (Å²) < 4.78 is 0. The van der Waals surface area contributed by atoms with Gasteiger partial charge in [-0.25, -0.2) is 0 Å². The zero-order valence-electron chi connectivity index (χ0n) is 11.2. The molecule has 0 aromatic heterocycles. The van der Waals surface area contributed by atoms with Gasteiger partial charge in [-0.3, -0.25) is 4.79 Å². The number of aliphatic hydroxyl groups is 1. The second kappa shape index (κ2) is 5.45. The Kier molecular flexibility index (Phi) is 3.90. The molecule has 102 valence electrons. The van der Waals surface area contributed by atoms with E-state index >= 15 is 0 Å². The highest BCUT2D eigenvalue weighted by atomic mass is 16.3. The van der Waals surface area contributed by atoms with E-state index in [4.69, 9.17) is 5.73 Å². The van der Waals surface area contributed by atoms with Gasteiger partial charge in [0, 0.05) is 11.8 Å². The van der Waals surface area contributed by atoms with Crippen LogP contribution in [0.15, 0.2) is 30.3 Å². The number of likely N-dealkylation sites (tertiary alicyclic amines) is 1. The largest absolute Gasteiger partial charge is 0.399 e. The van der Waals surface area contributed by atoms with Gasteiger partial charge in [0.1, 0.15) is 0 Å². The summed E-state index contributed by atoms with van der Waals surface area (Å²) in [5, 5.41) is 10.0. The Labute approximate surface area is 113 Å². The second-order valence-corrected chi connectivity index (χ2v) is 5.17. The minimum Gasteiger partial charge on any atom is -0.399 e. The first-order valence-corrected chi connectivity index (χ1v) is 6.57. The fourth-order valence-corrected chi connectivity index (χ4v) is 2.38. The molecule has 0 aliphatic carbocycles. The molecule has 4 heteroatoms. The number of rotatable bonds is 4. The summed E-state index contributed by atoms with van der Waals surface area (Å²) in [5.41, 5.74) is 6.57. The smallest absolute Gasteiger partial charge is 0.246 e. The van der Waals surface area contributed by atoms with Gasteiger partial charge in [0.25, 0.3) is 0 Å². The van der Waals surface area contributed by atoms with E-state index in [2.05, 4.69) is 0 Å². The molecule has 0 spiro atoms. The zero-order chi connectivity index (χ0) is 13.9. The van der Waals surface area contributed by atoms with Gasteiger partial charge in [-0.2, -0.15) is 0 Å². The van der Waals surface area contributed by atoms with E-state index in [1.165, 1.54) is 6.08 Å². The SMILES string of the molecule is CCCC1(O)CN(C(=O)/C=C/c2cccc(N)c2)C1. The van der Waals surface area contributed by atoms with Crippen molar-refractivity contribution in [2.45, 2.75) is 25.4 Å². The molecule has 1 heterocycles. The zero-order valence-corrected chi connectivity index (χ0v) is 11.2. The number of amides is 1. The Bertz CT molecular complexity index is 491. The Hall–Kier alpha value is -1.81. The predicted octanol–water partition coefficient (Wildman–Crippen LogP) is 1.66. The lowest BCUT2D eigenvalue weighted by Crippen LogP contribution is -2.63. The van der Waals surface area contributed by atoms with Crippen LogP contribution in [0.4, 0.5) is 5.69 Å². The van der Waals surface area contributed by atoms with Gasteiger partial charge < -0.3 is 15.7 Å². The third-order valence-corrected chi connectivity index (χ3v) is 3.33. The molecule has 1 amide bonds. The maximum absolute atomic E-state index is 11.9. The summed E-state index contributed by atoms with van der Waals surface area (Å²) in [5.74, 6) is -0.0665. The molecule has 0 atom stereocenters. The van der Waals surface area contributed by atoms with E-state index in [0.29, 0.717) is 18.8 Å². The molecule has 1 aliphatic heterocycles.